The molecule has 1 aliphatic rings. The van der Waals surface area contributed by atoms with E-state index >= 15 is 0 Å². The molecule has 1 aromatic carbocycles. The first-order valence-corrected chi connectivity index (χ1v) is 11.1. The number of benzene rings is 1. The van der Waals surface area contributed by atoms with Crippen LogP contribution in [0.3, 0.4) is 0 Å². The summed E-state index contributed by atoms with van der Waals surface area (Å²) in [4.78, 5) is 53.4. The highest BCUT2D eigenvalue weighted by Crippen LogP contribution is 2.10. The molecule has 0 bridgehead atoms. The average Bonchev–Trinajstić information content (AvgIpc) is 2.74. The van der Waals surface area contributed by atoms with E-state index in [2.05, 4.69) is 5.32 Å². The first kappa shape index (κ1) is 27.0. The SMILES string of the molecule is Cc1ccc(NC(=O)N2CCN(CC(=O)O)CCN(CC(=O)O)CCN(CC(=O)O)CC2)cc1. The number of hydrogen-bond acceptors (Lipinski definition) is 7. The summed E-state index contributed by atoms with van der Waals surface area (Å²) in [6, 6.07) is 6.96. The minimum absolute atomic E-state index is 0.227. The van der Waals surface area contributed by atoms with Gasteiger partial charge < -0.3 is 25.5 Å². The Bertz CT molecular complexity index is 817. The first-order chi connectivity index (χ1) is 16.1. The van der Waals surface area contributed by atoms with Crippen LogP contribution >= 0.6 is 0 Å². The number of urea groups is 1. The molecule has 0 saturated carbocycles. The van der Waals surface area contributed by atoms with Crippen molar-refractivity contribution >= 4 is 29.6 Å². The van der Waals surface area contributed by atoms with Gasteiger partial charge in [-0.15, -0.1) is 0 Å². The number of amides is 2. The van der Waals surface area contributed by atoms with Gasteiger partial charge in [-0.1, -0.05) is 17.7 Å². The first-order valence-electron chi connectivity index (χ1n) is 11.1. The normalized spacial score (nSPS) is 17.4. The fraction of sp³-hybridized carbons (Fsp3) is 0.545. The molecular weight excluding hydrogens is 446 g/mol. The zero-order chi connectivity index (χ0) is 25.1. The van der Waals surface area contributed by atoms with E-state index in [0.717, 1.165) is 5.56 Å². The second kappa shape index (κ2) is 13.5. The van der Waals surface area contributed by atoms with Gasteiger partial charge in [0.1, 0.15) is 0 Å². The Balaban J connectivity index is 2.17. The number of aliphatic carboxylic acids is 3. The van der Waals surface area contributed by atoms with Crippen molar-refractivity contribution in [3.8, 4) is 0 Å². The zero-order valence-electron chi connectivity index (χ0n) is 19.4. The Labute approximate surface area is 198 Å². The van der Waals surface area contributed by atoms with Gasteiger partial charge in [0.15, 0.2) is 0 Å². The van der Waals surface area contributed by atoms with Crippen molar-refractivity contribution < 1.29 is 34.5 Å². The number of nitrogens with one attached hydrogen (secondary N) is 1. The van der Waals surface area contributed by atoms with Crippen molar-refractivity contribution in [3.05, 3.63) is 29.8 Å². The molecule has 0 radical (unpaired) electrons. The van der Waals surface area contributed by atoms with E-state index in [4.69, 9.17) is 0 Å². The number of carboxylic acids is 3. The van der Waals surface area contributed by atoms with Crippen LogP contribution < -0.4 is 5.32 Å². The summed E-state index contributed by atoms with van der Waals surface area (Å²) in [5.41, 5.74) is 1.67. The largest absolute Gasteiger partial charge is 0.480 e. The molecule has 0 atom stereocenters. The van der Waals surface area contributed by atoms with E-state index in [9.17, 15) is 34.5 Å². The molecule has 0 aliphatic carbocycles. The fourth-order valence-corrected chi connectivity index (χ4v) is 3.63. The lowest BCUT2D eigenvalue weighted by Gasteiger charge is -2.33. The predicted octanol–water partition coefficient (Wildman–Crippen LogP) is 0.00232. The summed E-state index contributed by atoms with van der Waals surface area (Å²) in [6.45, 7) is 3.43. The van der Waals surface area contributed by atoms with Gasteiger partial charge in [-0.3, -0.25) is 29.1 Å². The number of aryl methyl sites for hydroxylation is 1. The number of rotatable bonds is 7. The summed E-state index contributed by atoms with van der Waals surface area (Å²) in [5, 5.41) is 30.6. The van der Waals surface area contributed by atoms with Gasteiger partial charge in [-0.2, -0.15) is 0 Å². The number of carboxylic acid groups (broad SMARTS) is 3. The maximum atomic E-state index is 13.0. The Hall–Kier alpha value is -3.22. The molecule has 4 N–H and O–H groups in total. The molecular formula is C22H33N5O7. The molecule has 1 saturated heterocycles. The van der Waals surface area contributed by atoms with Crippen molar-refractivity contribution in [2.24, 2.45) is 0 Å². The summed E-state index contributed by atoms with van der Waals surface area (Å²) in [7, 11) is 0. The van der Waals surface area contributed by atoms with Crippen molar-refractivity contribution in [1.29, 1.82) is 0 Å². The molecule has 34 heavy (non-hydrogen) atoms. The lowest BCUT2D eigenvalue weighted by Crippen LogP contribution is -2.50. The Kier molecular flexibility index (Phi) is 10.7. The van der Waals surface area contributed by atoms with Gasteiger partial charge in [0.05, 0.1) is 19.6 Å². The van der Waals surface area contributed by atoms with Gasteiger partial charge in [0.2, 0.25) is 0 Å². The monoisotopic (exact) mass is 479 g/mol. The van der Waals surface area contributed by atoms with Gasteiger partial charge in [0.25, 0.3) is 0 Å². The smallest absolute Gasteiger partial charge is 0.321 e. The highest BCUT2D eigenvalue weighted by atomic mass is 16.4. The number of anilines is 1. The fourth-order valence-electron chi connectivity index (χ4n) is 3.63. The lowest BCUT2D eigenvalue weighted by molar-refractivity contribution is -0.140. The van der Waals surface area contributed by atoms with Crippen LogP contribution in [0.1, 0.15) is 5.56 Å². The van der Waals surface area contributed by atoms with Crippen molar-refractivity contribution in [2.45, 2.75) is 6.92 Å². The van der Waals surface area contributed by atoms with Crippen LogP contribution in [-0.4, -0.2) is 131 Å². The minimum Gasteiger partial charge on any atom is -0.480 e. The molecule has 2 amide bonds. The topological polar surface area (TPSA) is 154 Å². The number of hydrogen-bond donors (Lipinski definition) is 4. The van der Waals surface area contributed by atoms with E-state index in [-0.39, 0.29) is 51.8 Å². The zero-order valence-corrected chi connectivity index (χ0v) is 19.4. The molecule has 12 heteroatoms. The Morgan fingerprint density at radius 2 is 1.03 bits per heavy atom. The van der Waals surface area contributed by atoms with Crippen LogP contribution in [0.2, 0.25) is 0 Å². The van der Waals surface area contributed by atoms with Crippen LogP contribution in [0.4, 0.5) is 10.5 Å². The molecule has 1 heterocycles. The molecule has 1 fully saturated rings. The van der Waals surface area contributed by atoms with Crippen molar-refractivity contribution in [3.63, 3.8) is 0 Å². The number of carbonyl (C=O) groups is 4. The quantitative estimate of drug-likeness (QED) is 0.420. The minimum atomic E-state index is -1.01. The Morgan fingerprint density at radius 3 is 1.38 bits per heavy atom. The molecule has 0 spiro atoms. The molecule has 188 valence electrons. The second-order valence-corrected chi connectivity index (χ2v) is 8.29. The summed E-state index contributed by atoms with van der Waals surface area (Å²) >= 11 is 0. The number of carbonyl (C=O) groups excluding carboxylic acids is 1. The van der Waals surface area contributed by atoms with Crippen LogP contribution in [0, 0.1) is 6.92 Å². The van der Waals surface area contributed by atoms with Gasteiger partial charge in [0, 0.05) is 58.0 Å². The maximum absolute atomic E-state index is 13.0. The highest BCUT2D eigenvalue weighted by molar-refractivity contribution is 5.89. The summed E-state index contributed by atoms with van der Waals surface area (Å²) < 4.78 is 0. The van der Waals surface area contributed by atoms with E-state index in [1.807, 2.05) is 19.1 Å². The second-order valence-electron chi connectivity index (χ2n) is 8.29. The molecule has 1 aromatic rings. The maximum Gasteiger partial charge on any atom is 0.321 e. The van der Waals surface area contributed by atoms with Crippen molar-refractivity contribution in [2.75, 3.05) is 77.3 Å². The summed E-state index contributed by atoms with van der Waals surface area (Å²) in [6.07, 6.45) is 0. The molecule has 0 unspecified atom stereocenters. The van der Waals surface area contributed by atoms with Crippen LogP contribution in [0.15, 0.2) is 24.3 Å². The van der Waals surface area contributed by atoms with Crippen LogP contribution in [0.5, 0.6) is 0 Å². The van der Waals surface area contributed by atoms with E-state index in [1.54, 1.807) is 31.7 Å². The standard InChI is InChI=1S/C22H33N5O7/c1-17-2-4-18(5-3-17)23-22(34)27-12-10-25(15-20(30)31)8-6-24(14-19(28)29)7-9-26(11-13-27)16-21(32)33/h2-5H,6-16H2,1H3,(H,23,34)(H,28,29)(H,30,31)(H,32,33). The average molecular weight is 480 g/mol. The van der Waals surface area contributed by atoms with E-state index in [0.29, 0.717) is 31.9 Å². The van der Waals surface area contributed by atoms with Crippen LogP contribution in [-0.2, 0) is 14.4 Å². The third kappa shape index (κ3) is 10.1. The lowest BCUT2D eigenvalue weighted by atomic mass is 10.2. The predicted molar refractivity (Wildman–Crippen MR) is 124 cm³/mol. The molecule has 2 rings (SSSR count). The Morgan fingerprint density at radius 1 is 0.676 bits per heavy atom. The van der Waals surface area contributed by atoms with E-state index in [1.165, 1.54) is 0 Å². The summed E-state index contributed by atoms with van der Waals surface area (Å²) in [5.74, 6) is -3.04. The molecule has 1 aliphatic heterocycles. The third-order valence-electron chi connectivity index (χ3n) is 5.50. The van der Waals surface area contributed by atoms with Crippen molar-refractivity contribution in [1.82, 2.24) is 19.6 Å². The number of nitrogens with zero attached hydrogens (tertiary/aromatic N) is 4. The van der Waals surface area contributed by atoms with Crippen LogP contribution in [0.25, 0.3) is 0 Å². The van der Waals surface area contributed by atoms with Gasteiger partial charge in [-0.05, 0) is 19.1 Å². The van der Waals surface area contributed by atoms with Gasteiger partial charge in [-0.25, -0.2) is 4.79 Å². The van der Waals surface area contributed by atoms with Gasteiger partial charge >= 0.3 is 23.9 Å². The molecule has 12 nitrogen and oxygen atoms in total. The highest BCUT2D eigenvalue weighted by Gasteiger charge is 2.22. The molecule has 0 aromatic heterocycles. The third-order valence-corrected chi connectivity index (χ3v) is 5.50. The van der Waals surface area contributed by atoms with E-state index < -0.39 is 17.9 Å².